The van der Waals surface area contributed by atoms with Crippen molar-refractivity contribution in [3.05, 3.63) is 34.9 Å². The fraction of sp³-hybridized carbons (Fsp3) is 0.385. The molecule has 0 saturated heterocycles. The number of hydrogen-bond acceptors (Lipinski definition) is 2. The molecule has 0 atom stereocenters. The molecule has 0 aromatic heterocycles. The normalized spacial score (nSPS) is 10.5. The standard InChI is InChI=1S/C13H14N2/c1-13(2,3)12-8-10(9-15)4-5-11(12)6-7-14/h4-5,8H,6H2,1-3H3. The number of benzene rings is 1. The zero-order valence-corrected chi connectivity index (χ0v) is 9.33. The van der Waals surface area contributed by atoms with Crippen LogP contribution in [0.5, 0.6) is 0 Å². The van der Waals surface area contributed by atoms with Crippen LogP contribution in [0.4, 0.5) is 0 Å². The Balaban J connectivity index is 3.32. The van der Waals surface area contributed by atoms with E-state index in [4.69, 9.17) is 10.5 Å². The second-order valence-corrected chi connectivity index (χ2v) is 4.57. The molecule has 15 heavy (non-hydrogen) atoms. The smallest absolute Gasteiger partial charge is 0.0991 e. The Labute approximate surface area is 90.8 Å². The first-order chi connectivity index (χ1) is 6.99. The van der Waals surface area contributed by atoms with Crippen molar-refractivity contribution in [3.63, 3.8) is 0 Å². The van der Waals surface area contributed by atoms with Gasteiger partial charge in [-0.2, -0.15) is 10.5 Å². The van der Waals surface area contributed by atoms with Gasteiger partial charge in [0, 0.05) is 0 Å². The van der Waals surface area contributed by atoms with Gasteiger partial charge in [-0.25, -0.2) is 0 Å². The van der Waals surface area contributed by atoms with Gasteiger partial charge in [0.25, 0.3) is 0 Å². The predicted octanol–water partition coefficient (Wildman–Crippen LogP) is 2.92. The fourth-order valence-electron chi connectivity index (χ4n) is 1.58. The van der Waals surface area contributed by atoms with Crippen LogP contribution in [0.2, 0.25) is 0 Å². The third kappa shape index (κ3) is 2.58. The van der Waals surface area contributed by atoms with Gasteiger partial charge in [0.1, 0.15) is 0 Å². The highest BCUT2D eigenvalue weighted by molar-refractivity contribution is 5.42. The molecule has 1 aromatic carbocycles. The van der Waals surface area contributed by atoms with Gasteiger partial charge in [-0.15, -0.1) is 0 Å². The Morgan fingerprint density at radius 2 is 1.87 bits per heavy atom. The van der Waals surface area contributed by atoms with Crippen LogP contribution >= 0.6 is 0 Å². The van der Waals surface area contributed by atoms with Gasteiger partial charge in [0.05, 0.1) is 24.1 Å². The molecule has 0 N–H and O–H groups in total. The molecule has 0 radical (unpaired) electrons. The summed E-state index contributed by atoms with van der Waals surface area (Å²) in [6.07, 6.45) is 0.401. The van der Waals surface area contributed by atoms with Crippen molar-refractivity contribution >= 4 is 0 Å². The van der Waals surface area contributed by atoms with Gasteiger partial charge in [0.2, 0.25) is 0 Å². The van der Waals surface area contributed by atoms with Crippen LogP contribution in [0.1, 0.15) is 37.5 Å². The summed E-state index contributed by atoms with van der Waals surface area (Å²) in [6, 6.07) is 9.80. The summed E-state index contributed by atoms with van der Waals surface area (Å²) in [4.78, 5) is 0. The van der Waals surface area contributed by atoms with E-state index in [2.05, 4.69) is 32.9 Å². The minimum Gasteiger partial charge on any atom is -0.198 e. The molecule has 0 spiro atoms. The first-order valence-electron chi connectivity index (χ1n) is 4.89. The molecule has 0 aliphatic rings. The van der Waals surface area contributed by atoms with E-state index < -0.39 is 0 Å². The summed E-state index contributed by atoms with van der Waals surface area (Å²) >= 11 is 0. The van der Waals surface area contributed by atoms with Crippen LogP contribution in [0, 0.1) is 22.7 Å². The molecule has 2 nitrogen and oxygen atoms in total. The van der Waals surface area contributed by atoms with Crippen LogP contribution in [-0.2, 0) is 11.8 Å². The molecule has 0 unspecified atom stereocenters. The minimum atomic E-state index is -0.0287. The zero-order chi connectivity index (χ0) is 11.5. The molecule has 76 valence electrons. The Morgan fingerprint density at radius 3 is 2.33 bits per heavy atom. The van der Waals surface area contributed by atoms with Crippen LogP contribution < -0.4 is 0 Å². The van der Waals surface area contributed by atoms with Gasteiger partial charge in [-0.1, -0.05) is 26.8 Å². The largest absolute Gasteiger partial charge is 0.198 e. The molecule has 0 heterocycles. The van der Waals surface area contributed by atoms with Crippen LogP contribution in [-0.4, -0.2) is 0 Å². The first-order valence-corrected chi connectivity index (χ1v) is 4.89. The number of hydrogen-bond donors (Lipinski definition) is 0. The molecule has 2 heteroatoms. The molecule has 0 aliphatic carbocycles. The maximum absolute atomic E-state index is 8.83. The van der Waals surface area contributed by atoms with E-state index in [0.717, 1.165) is 11.1 Å². The van der Waals surface area contributed by atoms with E-state index in [1.54, 1.807) is 6.07 Å². The molecule has 0 saturated carbocycles. The van der Waals surface area contributed by atoms with E-state index in [1.165, 1.54) is 0 Å². The van der Waals surface area contributed by atoms with Crippen molar-refractivity contribution in [1.29, 1.82) is 10.5 Å². The topological polar surface area (TPSA) is 47.6 Å². The molecule has 1 rings (SSSR count). The average molecular weight is 198 g/mol. The maximum Gasteiger partial charge on any atom is 0.0991 e. The monoisotopic (exact) mass is 198 g/mol. The molecule has 1 aromatic rings. The Bertz CT molecular complexity index is 439. The van der Waals surface area contributed by atoms with Gasteiger partial charge in [-0.05, 0) is 28.7 Å². The summed E-state index contributed by atoms with van der Waals surface area (Å²) in [7, 11) is 0. The fourth-order valence-corrected chi connectivity index (χ4v) is 1.58. The lowest BCUT2D eigenvalue weighted by Gasteiger charge is -2.22. The lowest BCUT2D eigenvalue weighted by Crippen LogP contribution is -2.14. The first kappa shape index (κ1) is 11.3. The van der Waals surface area contributed by atoms with Crippen LogP contribution in [0.15, 0.2) is 18.2 Å². The number of rotatable bonds is 1. The summed E-state index contributed by atoms with van der Waals surface area (Å²) in [6.45, 7) is 6.26. The molecular formula is C13H14N2. The summed E-state index contributed by atoms with van der Waals surface area (Å²) in [5, 5.41) is 17.6. The molecule has 0 amide bonds. The van der Waals surface area contributed by atoms with Crippen molar-refractivity contribution in [2.24, 2.45) is 0 Å². The molecular weight excluding hydrogens is 184 g/mol. The quantitative estimate of drug-likeness (QED) is 0.696. The third-order valence-corrected chi connectivity index (χ3v) is 2.32. The van der Waals surface area contributed by atoms with Crippen molar-refractivity contribution < 1.29 is 0 Å². The highest BCUT2D eigenvalue weighted by Gasteiger charge is 2.18. The van der Waals surface area contributed by atoms with E-state index >= 15 is 0 Å². The lowest BCUT2D eigenvalue weighted by molar-refractivity contribution is 0.584. The third-order valence-electron chi connectivity index (χ3n) is 2.32. The number of nitrogens with zero attached hydrogens (tertiary/aromatic N) is 2. The van der Waals surface area contributed by atoms with E-state index in [9.17, 15) is 0 Å². The highest BCUT2D eigenvalue weighted by Crippen LogP contribution is 2.27. The predicted molar refractivity (Wildman–Crippen MR) is 59.2 cm³/mol. The van der Waals surface area contributed by atoms with Gasteiger partial charge < -0.3 is 0 Å². The number of nitriles is 2. The van der Waals surface area contributed by atoms with Gasteiger partial charge in [-0.3, -0.25) is 0 Å². The van der Waals surface area contributed by atoms with Crippen LogP contribution in [0.25, 0.3) is 0 Å². The van der Waals surface area contributed by atoms with Crippen molar-refractivity contribution in [1.82, 2.24) is 0 Å². The van der Waals surface area contributed by atoms with E-state index in [-0.39, 0.29) is 5.41 Å². The summed E-state index contributed by atoms with van der Waals surface area (Å²) < 4.78 is 0. The van der Waals surface area contributed by atoms with Crippen LogP contribution in [0.3, 0.4) is 0 Å². The minimum absolute atomic E-state index is 0.0287. The molecule has 0 aliphatic heterocycles. The van der Waals surface area contributed by atoms with Gasteiger partial charge in [0.15, 0.2) is 0 Å². The zero-order valence-electron chi connectivity index (χ0n) is 9.33. The second kappa shape index (κ2) is 4.15. The van der Waals surface area contributed by atoms with Crippen molar-refractivity contribution in [2.75, 3.05) is 0 Å². The average Bonchev–Trinajstić information content (AvgIpc) is 2.17. The Morgan fingerprint density at radius 1 is 1.20 bits per heavy atom. The SMILES string of the molecule is CC(C)(C)c1cc(C#N)ccc1CC#N. The van der Waals surface area contributed by atoms with E-state index in [0.29, 0.717) is 12.0 Å². The second-order valence-electron chi connectivity index (χ2n) is 4.57. The van der Waals surface area contributed by atoms with Gasteiger partial charge >= 0.3 is 0 Å². The molecule has 0 bridgehead atoms. The van der Waals surface area contributed by atoms with E-state index in [1.807, 2.05) is 12.1 Å². The van der Waals surface area contributed by atoms with Crippen molar-refractivity contribution in [3.8, 4) is 12.1 Å². The Kier molecular flexibility index (Phi) is 3.12. The maximum atomic E-state index is 8.83. The lowest BCUT2D eigenvalue weighted by atomic mass is 9.82. The van der Waals surface area contributed by atoms with Crippen molar-refractivity contribution in [2.45, 2.75) is 32.6 Å². The highest BCUT2D eigenvalue weighted by atomic mass is 14.3. The summed E-state index contributed by atoms with van der Waals surface area (Å²) in [5.74, 6) is 0. The Hall–Kier alpha value is -1.80. The molecule has 0 fully saturated rings. The summed E-state index contributed by atoms with van der Waals surface area (Å²) in [5.41, 5.74) is 2.73.